The van der Waals surface area contributed by atoms with Gasteiger partial charge in [0.25, 0.3) is 0 Å². The third-order valence-electron chi connectivity index (χ3n) is 2.27. The summed E-state index contributed by atoms with van der Waals surface area (Å²) in [5, 5.41) is 0. The zero-order valence-electron chi connectivity index (χ0n) is 7.07. The molecule has 12 heavy (non-hydrogen) atoms. The van der Waals surface area contributed by atoms with Gasteiger partial charge in [-0.2, -0.15) is 0 Å². The number of ether oxygens (including phenoxy) is 1. The van der Waals surface area contributed by atoms with Crippen LogP contribution in [-0.4, -0.2) is 18.2 Å². The molecule has 0 amide bonds. The average Bonchev–Trinajstić information content (AvgIpc) is 2.04. The average molecular weight is 163 g/mol. The summed E-state index contributed by atoms with van der Waals surface area (Å²) in [7, 11) is 0. The molecule has 0 aromatic carbocycles. The maximum absolute atomic E-state index is 5.11. The lowest BCUT2D eigenvalue weighted by Gasteiger charge is -2.25. The van der Waals surface area contributed by atoms with Gasteiger partial charge in [0.15, 0.2) is 0 Å². The second-order valence-corrected chi connectivity index (χ2v) is 3.30. The minimum Gasteiger partial charge on any atom is -0.381 e. The van der Waals surface area contributed by atoms with Crippen LogP contribution in [0.2, 0.25) is 0 Å². The van der Waals surface area contributed by atoms with E-state index in [-0.39, 0.29) is 0 Å². The SMILES string of the molecule is c1cncc(CCC2COC2)c1. The van der Waals surface area contributed by atoms with Crippen molar-refractivity contribution in [2.75, 3.05) is 13.2 Å². The van der Waals surface area contributed by atoms with Crippen LogP contribution in [0.4, 0.5) is 0 Å². The molecule has 2 heteroatoms. The lowest BCUT2D eigenvalue weighted by molar-refractivity contribution is -0.0352. The second kappa shape index (κ2) is 3.68. The number of nitrogens with zero attached hydrogens (tertiary/aromatic N) is 1. The van der Waals surface area contributed by atoms with Crippen molar-refractivity contribution in [2.45, 2.75) is 12.8 Å². The van der Waals surface area contributed by atoms with E-state index in [1.54, 1.807) is 0 Å². The molecular formula is C10H13NO. The fourth-order valence-corrected chi connectivity index (χ4v) is 1.37. The molecule has 1 saturated heterocycles. The van der Waals surface area contributed by atoms with Gasteiger partial charge in [-0.1, -0.05) is 6.07 Å². The molecule has 1 aromatic rings. The van der Waals surface area contributed by atoms with E-state index in [0.717, 1.165) is 25.6 Å². The van der Waals surface area contributed by atoms with Crippen LogP contribution in [0.5, 0.6) is 0 Å². The second-order valence-electron chi connectivity index (χ2n) is 3.30. The van der Waals surface area contributed by atoms with Gasteiger partial charge in [-0.05, 0) is 24.5 Å². The van der Waals surface area contributed by atoms with Crippen LogP contribution >= 0.6 is 0 Å². The van der Waals surface area contributed by atoms with Gasteiger partial charge in [-0.15, -0.1) is 0 Å². The minimum atomic E-state index is 0.796. The summed E-state index contributed by atoms with van der Waals surface area (Å²) in [4.78, 5) is 4.08. The predicted octanol–water partition coefficient (Wildman–Crippen LogP) is 1.66. The van der Waals surface area contributed by atoms with Gasteiger partial charge in [0.2, 0.25) is 0 Å². The first kappa shape index (κ1) is 7.74. The van der Waals surface area contributed by atoms with Crippen molar-refractivity contribution in [3.05, 3.63) is 30.1 Å². The molecular weight excluding hydrogens is 150 g/mol. The maximum Gasteiger partial charge on any atom is 0.0516 e. The summed E-state index contributed by atoms with van der Waals surface area (Å²) in [6.07, 6.45) is 6.14. The first-order valence-electron chi connectivity index (χ1n) is 4.42. The Balaban J connectivity index is 1.79. The fourth-order valence-electron chi connectivity index (χ4n) is 1.37. The van der Waals surface area contributed by atoms with Crippen molar-refractivity contribution >= 4 is 0 Å². The molecule has 1 fully saturated rings. The third-order valence-corrected chi connectivity index (χ3v) is 2.27. The van der Waals surface area contributed by atoms with E-state index in [9.17, 15) is 0 Å². The molecule has 2 nitrogen and oxygen atoms in total. The van der Waals surface area contributed by atoms with Crippen molar-refractivity contribution < 1.29 is 4.74 Å². The van der Waals surface area contributed by atoms with E-state index in [4.69, 9.17) is 4.74 Å². The highest BCUT2D eigenvalue weighted by molar-refractivity contribution is 5.08. The van der Waals surface area contributed by atoms with Crippen LogP contribution in [0.15, 0.2) is 24.5 Å². The highest BCUT2D eigenvalue weighted by Crippen LogP contribution is 2.16. The van der Waals surface area contributed by atoms with Gasteiger partial charge in [0, 0.05) is 18.3 Å². The molecule has 2 rings (SSSR count). The van der Waals surface area contributed by atoms with E-state index < -0.39 is 0 Å². The Bertz CT molecular complexity index is 231. The van der Waals surface area contributed by atoms with Gasteiger partial charge >= 0.3 is 0 Å². The van der Waals surface area contributed by atoms with Crippen molar-refractivity contribution in [3.8, 4) is 0 Å². The van der Waals surface area contributed by atoms with Crippen LogP contribution in [0.25, 0.3) is 0 Å². The number of pyridine rings is 1. The molecule has 1 aliphatic heterocycles. The molecule has 1 aromatic heterocycles. The molecule has 0 saturated carbocycles. The Hall–Kier alpha value is -0.890. The number of hydrogen-bond acceptors (Lipinski definition) is 2. The molecule has 64 valence electrons. The zero-order chi connectivity index (χ0) is 8.23. The number of rotatable bonds is 3. The monoisotopic (exact) mass is 163 g/mol. The molecule has 0 unspecified atom stereocenters. The molecule has 0 bridgehead atoms. The highest BCUT2D eigenvalue weighted by atomic mass is 16.5. The summed E-state index contributed by atoms with van der Waals surface area (Å²) < 4.78 is 5.11. The number of aryl methyl sites for hydroxylation is 1. The molecule has 1 aliphatic rings. The molecule has 0 atom stereocenters. The van der Waals surface area contributed by atoms with Gasteiger partial charge in [-0.3, -0.25) is 4.98 Å². The standard InChI is InChI=1S/C10H13NO/c1-2-9(6-11-5-1)3-4-10-7-12-8-10/h1-2,5-6,10H,3-4,7-8H2. The van der Waals surface area contributed by atoms with E-state index >= 15 is 0 Å². The summed E-state index contributed by atoms with van der Waals surface area (Å²) in [6, 6.07) is 4.12. The Morgan fingerprint density at radius 3 is 3.00 bits per heavy atom. The van der Waals surface area contributed by atoms with Gasteiger partial charge in [-0.25, -0.2) is 0 Å². The lowest BCUT2D eigenvalue weighted by atomic mass is 9.99. The van der Waals surface area contributed by atoms with E-state index in [1.165, 1.54) is 12.0 Å². The highest BCUT2D eigenvalue weighted by Gasteiger charge is 2.17. The Labute approximate surface area is 72.6 Å². The third kappa shape index (κ3) is 1.83. The van der Waals surface area contributed by atoms with Gasteiger partial charge in [0.05, 0.1) is 13.2 Å². The van der Waals surface area contributed by atoms with Crippen molar-refractivity contribution in [3.63, 3.8) is 0 Å². The van der Waals surface area contributed by atoms with Crippen LogP contribution in [0.1, 0.15) is 12.0 Å². The fraction of sp³-hybridized carbons (Fsp3) is 0.500. The van der Waals surface area contributed by atoms with Gasteiger partial charge < -0.3 is 4.74 Å². The first-order chi connectivity index (χ1) is 5.95. The summed E-state index contributed by atoms with van der Waals surface area (Å²) in [6.45, 7) is 1.92. The van der Waals surface area contributed by atoms with Crippen molar-refractivity contribution in [1.82, 2.24) is 4.98 Å². The predicted molar refractivity (Wildman–Crippen MR) is 46.9 cm³/mol. The van der Waals surface area contributed by atoms with Crippen LogP contribution in [0, 0.1) is 5.92 Å². The zero-order valence-corrected chi connectivity index (χ0v) is 7.07. The number of hydrogen-bond donors (Lipinski definition) is 0. The Morgan fingerprint density at radius 1 is 1.50 bits per heavy atom. The molecule has 0 radical (unpaired) electrons. The topological polar surface area (TPSA) is 22.1 Å². The molecule has 0 aliphatic carbocycles. The summed E-state index contributed by atoms with van der Waals surface area (Å²) in [5.41, 5.74) is 1.34. The van der Waals surface area contributed by atoms with E-state index in [1.807, 2.05) is 18.5 Å². The van der Waals surface area contributed by atoms with E-state index in [2.05, 4.69) is 11.1 Å². The van der Waals surface area contributed by atoms with Crippen molar-refractivity contribution in [2.24, 2.45) is 5.92 Å². The smallest absolute Gasteiger partial charge is 0.0516 e. The van der Waals surface area contributed by atoms with Crippen LogP contribution in [-0.2, 0) is 11.2 Å². The normalized spacial score (nSPS) is 17.3. The largest absolute Gasteiger partial charge is 0.381 e. The lowest BCUT2D eigenvalue weighted by Crippen LogP contribution is -2.27. The van der Waals surface area contributed by atoms with Crippen LogP contribution < -0.4 is 0 Å². The van der Waals surface area contributed by atoms with Crippen LogP contribution in [0.3, 0.4) is 0 Å². The molecule has 0 spiro atoms. The van der Waals surface area contributed by atoms with Gasteiger partial charge in [0.1, 0.15) is 0 Å². The molecule has 2 heterocycles. The summed E-state index contributed by atoms with van der Waals surface area (Å²) >= 11 is 0. The first-order valence-corrected chi connectivity index (χ1v) is 4.42. The summed E-state index contributed by atoms with van der Waals surface area (Å²) in [5.74, 6) is 0.796. The number of aromatic nitrogens is 1. The minimum absolute atomic E-state index is 0.796. The molecule has 0 N–H and O–H groups in total. The van der Waals surface area contributed by atoms with E-state index in [0.29, 0.717) is 0 Å². The van der Waals surface area contributed by atoms with Crippen molar-refractivity contribution in [1.29, 1.82) is 0 Å². The maximum atomic E-state index is 5.11. The Kier molecular flexibility index (Phi) is 2.37. The Morgan fingerprint density at radius 2 is 2.42 bits per heavy atom. The quantitative estimate of drug-likeness (QED) is 0.676.